The fraction of sp³-hybridized carbons (Fsp3) is 0.364. The normalized spacial score (nSPS) is 24.3. The number of fused-ring (bicyclic) bond motifs is 4. The van der Waals surface area contributed by atoms with Crippen LogP contribution in [-0.2, 0) is 9.53 Å². The Morgan fingerprint density at radius 1 is 1.17 bits per heavy atom. The van der Waals surface area contributed by atoms with Gasteiger partial charge in [0.15, 0.2) is 16.6 Å². The second kappa shape index (κ2) is 7.68. The van der Waals surface area contributed by atoms with Crippen LogP contribution in [0.1, 0.15) is 25.5 Å². The predicted octanol–water partition coefficient (Wildman–Crippen LogP) is 3.43. The minimum absolute atomic E-state index is 0.266. The number of carbonyl (C=O) groups is 1. The first-order chi connectivity index (χ1) is 14.5. The van der Waals surface area contributed by atoms with Crippen LogP contribution in [-0.4, -0.2) is 37.6 Å². The number of benzene rings is 2. The molecule has 0 saturated carbocycles. The van der Waals surface area contributed by atoms with Gasteiger partial charge in [0.25, 0.3) is 0 Å². The maximum Gasteiger partial charge on any atom is 0.317 e. The van der Waals surface area contributed by atoms with E-state index in [-0.39, 0.29) is 12.6 Å². The topological polar surface area (TPSA) is 69.3 Å². The zero-order valence-corrected chi connectivity index (χ0v) is 18.1. The monoisotopic (exact) mass is 428 g/mol. The second-order valence-electron chi connectivity index (χ2n) is 7.20. The third kappa shape index (κ3) is 2.94. The molecule has 0 amide bonds. The molecule has 2 bridgehead atoms. The zero-order chi connectivity index (χ0) is 21.5. The molecule has 0 spiro atoms. The highest BCUT2D eigenvalue weighted by molar-refractivity contribution is 7.80. The van der Waals surface area contributed by atoms with E-state index in [1.165, 1.54) is 0 Å². The summed E-state index contributed by atoms with van der Waals surface area (Å²) in [7, 11) is 3.18. The molecular weight excluding hydrogens is 404 g/mol. The number of methoxy groups -OCH3 is 2. The van der Waals surface area contributed by atoms with E-state index >= 15 is 0 Å². The van der Waals surface area contributed by atoms with Gasteiger partial charge in [0, 0.05) is 5.56 Å². The van der Waals surface area contributed by atoms with Crippen molar-refractivity contribution < 1.29 is 23.7 Å². The third-order valence-electron chi connectivity index (χ3n) is 5.58. The summed E-state index contributed by atoms with van der Waals surface area (Å²) in [6.45, 7) is 3.89. The van der Waals surface area contributed by atoms with Gasteiger partial charge >= 0.3 is 5.97 Å². The Hall–Kier alpha value is -3.00. The van der Waals surface area contributed by atoms with Crippen molar-refractivity contribution in [2.75, 3.05) is 25.7 Å². The van der Waals surface area contributed by atoms with E-state index in [9.17, 15) is 4.79 Å². The van der Waals surface area contributed by atoms with Crippen molar-refractivity contribution in [3.05, 3.63) is 48.0 Å². The SMILES string of the molecule is CCOC(=O)[C@@H]1[C@H]2NC(=S)N(c3ccccc3OC)[C@@]1(C)Oc1c(OC)cccc12. The molecule has 30 heavy (non-hydrogen) atoms. The Bertz CT molecular complexity index is 997. The molecule has 1 saturated heterocycles. The molecular formula is C22H24N2O5S. The average Bonchev–Trinajstić information content (AvgIpc) is 2.73. The lowest BCUT2D eigenvalue weighted by Gasteiger charge is -2.55. The van der Waals surface area contributed by atoms with E-state index in [0.717, 1.165) is 5.56 Å². The molecule has 2 aromatic carbocycles. The second-order valence-corrected chi connectivity index (χ2v) is 7.59. The summed E-state index contributed by atoms with van der Waals surface area (Å²) in [5.74, 6) is 0.712. The molecule has 1 N–H and O–H groups in total. The minimum Gasteiger partial charge on any atom is -0.495 e. The van der Waals surface area contributed by atoms with E-state index in [2.05, 4.69) is 5.32 Å². The van der Waals surface area contributed by atoms with Crippen LogP contribution in [0.2, 0.25) is 0 Å². The lowest BCUT2D eigenvalue weighted by Crippen LogP contribution is -2.71. The fourth-order valence-electron chi connectivity index (χ4n) is 4.30. The maximum absolute atomic E-state index is 13.1. The van der Waals surface area contributed by atoms with E-state index in [1.807, 2.05) is 49.4 Å². The van der Waals surface area contributed by atoms with Crippen LogP contribution < -0.4 is 24.4 Å². The van der Waals surface area contributed by atoms with Crippen molar-refractivity contribution in [2.45, 2.75) is 25.6 Å². The Labute approximate surface area is 180 Å². The number of nitrogens with one attached hydrogen (secondary N) is 1. The van der Waals surface area contributed by atoms with Crippen molar-refractivity contribution in [1.29, 1.82) is 0 Å². The molecule has 7 nitrogen and oxygen atoms in total. The number of hydrogen-bond acceptors (Lipinski definition) is 6. The molecule has 158 valence electrons. The highest BCUT2D eigenvalue weighted by Crippen LogP contribution is 2.53. The number of anilines is 1. The number of hydrogen-bond donors (Lipinski definition) is 1. The molecule has 4 rings (SSSR count). The van der Waals surface area contributed by atoms with Gasteiger partial charge in [-0.1, -0.05) is 24.3 Å². The van der Waals surface area contributed by atoms with Gasteiger partial charge in [0.1, 0.15) is 11.7 Å². The van der Waals surface area contributed by atoms with E-state index in [1.54, 1.807) is 26.0 Å². The van der Waals surface area contributed by atoms with Crippen molar-refractivity contribution in [2.24, 2.45) is 5.92 Å². The minimum atomic E-state index is -1.17. The first kappa shape index (κ1) is 20.3. The van der Waals surface area contributed by atoms with E-state index < -0.39 is 17.7 Å². The van der Waals surface area contributed by atoms with Crippen LogP contribution in [0.3, 0.4) is 0 Å². The van der Waals surface area contributed by atoms with Gasteiger partial charge < -0.3 is 24.3 Å². The molecule has 3 atom stereocenters. The number of rotatable bonds is 5. The van der Waals surface area contributed by atoms with Gasteiger partial charge in [0.2, 0.25) is 5.72 Å². The number of nitrogens with zero attached hydrogens (tertiary/aromatic N) is 1. The van der Waals surface area contributed by atoms with Crippen LogP contribution >= 0.6 is 12.2 Å². The summed E-state index contributed by atoms with van der Waals surface area (Å²) in [6.07, 6.45) is 0. The van der Waals surface area contributed by atoms with Crippen LogP contribution in [0.25, 0.3) is 0 Å². The van der Waals surface area contributed by atoms with Crippen LogP contribution in [0.15, 0.2) is 42.5 Å². The summed E-state index contributed by atoms with van der Waals surface area (Å²) >= 11 is 5.73. The third-order valence-corrected chi connectivity index (χ3v) is 5.88. The van der Waals surface area contributed by atoms with Crippen molar-refractivity contribution >= 4 is 29.0 Å². The highest BCUT2D eigenvalue weighted by Gasteiger charge is 2.60. The molecule has 8 heteroatoms. The lowest BCUT2D eigenvalue weighted by molar-refractivity contribution is -0.159. The fourth-order valence-corrected chi connectivity index (χ4v) is 4.71. The molecule has 0 aromatic heterocycles. The summed E-state index contributed by atoms with van der Waals surface area (Å²) in [4.78, 5) is 14.9. The van der Waals surface area contributed by atoms with Gasteiger partial charge in [-0.15, -0.1) is 0 Å². The number of carbonyl (C=O) groups excluding carboxylic acids is 1. The number of para-hydroxylation sites is 3. The molecule has 2 aliphatic heterocycles. The number of esters is 1. The molecule has 2 aliphatic rings. The Morgan fingerprint density at radius 3 is 2.57 bits per heavy atom. The number of thiocarbonyl (C=S) groups is 1. The lowest BCUT2D eigenvalue weighted by atomic mass is 9.79. The molecule has 2 heterocycles. The zero-order valence-electron chi connectivity index (χ0n) is 17.3. The van der Waals surface area contributed by atoms with Crippen LogP contribution in [0.5, 0.6) is 17.2 Å². The summed E-state index contributed by atoms with van der Waals surface area (Å²) < 4.78 is 23.1. The van der Waals surface area contributed by atoms with Gasteiger partial charge in [-0.25, -0.2) is 0 Å². The largest absolute Gasteiger partial charge is 0.495 e. The quantitative estimate of drug-likeness (QED) is 0.574. The first-order valence-electron chi connectivity index (χ1n) is 9.72. The maximum atomic E-state index is 13.1. The van der Waals surface area contributed by atoms with Crippen molar-refractivity contribution in [1.82, 2.24) is 5.32 Å². The van der Waals surface area contributed by atoms with Crippen LogP contribution in [0.4, 0.5) is 5.69 Å². The molecule has 2 aromatic rings. The Morgan fingerprint density at radius 2 is 1.87 bits per heavy atom. The van der Waals surface area contributed by atoms with Gasteiger partial charge in [0.05, 0.1) is 32.6 Å². The van der Waals surface area contributed by atoms with Crippen LogP contribution in [0, 0.1) is 5.92 Å². The average molecular weight is 429 g/mol. The summed E-state index contributed by atoms with van der Waals surface area (Å²) in [5, 5.41) is 3.77. The van der Waals surface area contributed by atoms with E-state index in [4.69, 9.17) is 31.2 Å². The number of ether oxygens (including phenoxy) is 4. The Kier molecular flexibility index (Phi) is 5.19. The summed E-state index contributed by atoms with van der Waals surface area (Å²) in [5.41, 5.74) is 0.313. The molecule has 0 radical (unpaired) electrons. The van der Waals surface area contributed by atoms with Gasteiger partial charge in [-0.3, -0.25) is 9.69 Å². The van der Waals surface area contributed by atoms with Crippen molar-refractivity contribution in [3.8, 4) is 17.2 Å². The molecule has 0 unspecified atom stereocenters. The molecule has 0 aliphatic carbocycles. The Balaban J connectivity index is 1.94. The standard InChI is InChI=1S/C22H24N2O5S/c1-5-28-20(25)17-18-13-9-8-12-16(27-4)19(13)29-22(17,2)24(21(30)23-18)14-10-6-7-11-15(14)26-3/h6-12,17-18H,5H2,1-4H3,(H,23,30)/t17-,18-,22-/m0/s1. The highest BCUT2D eigenvalue weighted by atomic mass is 32.1. The van der Waals surface area contributed by atoms with Crippen molar-refractivity contribution in [3.63, 3.8) is 0 Å². The van der Waals surface area contributed by atoms with Gasteiger partial charge in [-0.05, 0) is 44.3 Å². The summed E-state index contributed by atoms with van der Waals surface area (Å²) in [6, 6.07) is 12.6. The van der Waals surface area contributed by atoms with Gasteiger partial charge in [-0.2, -0.15) is 0 Å². The molecule has 1 fully saturated rings. The van der Waals surface area contributed by atoms with E-state index in [0.29, 0.717) is 28.0 Å². The predicted molar refractivity (Wildman–Crippen MR) is 116 cm³/mol. The first-order valence-corrected chi connectivity index (χ1v) is 10.1. The smallest absolute Gasteiger partial charge is 0.317 e.